The van der Waals surface area contributed by atoms with Gasteiger partial charge in [0.1, 0.15) is 22.9 Å². The summed E-state index contributed by atoms with van der Waals surface area (Å²) in [5.41, 5.74) is 9.18. The van der Waals surface area contributed by atoms with E-state index in [2.05, 4.69) is 21.1 Å². The second kappa shape index (κ2) is 19.2. The minimum Gasteiger partial charge on any atom is -0.506 e. The Bertz CT molecular complexity index is 2810. The van der Waals surface area contributed by atoms with Crippen LogP contribution >= 0.6 is 0 Å². The van der Waals surface area contributed by atoms with Gasteiger partial charge in [0.25, 0.3) is 0 Å². The van der Waals surface area contributed by atoms with Crippen LogP contribution in [0.5, 0.6) is 11.5 Å². The van der Waals surface area contributed by atoms with Gasteiger partial charge < -0.3 is 20.4 Å². The third-order valence-electron chi connectivity index (χ3n) is 9.63. The number of carboxylic acids is 2. The Morgan fingerprint density at radius 3 is 1.17 bits per heavy atom. The van der Waals surface area contributed by atoms with Gasteiger partial charge in [0.2, 0.25) is 11.6 Å². The van der Waals surface area contributed by atoms with Crippen molar-refractivity contribution in [3.05, 3.63) is 201 Å². The van der Waals surface area contributed by atoms with Crippen molar-refractivity contribution in [2.24, 2.45) is 10.2 Å². The maximum absolute atomic E-state index is 12.7. The Morgan fingerprint density at radius 2 is 0.810 bits per heavy atom. The number of rotatable bonds is 10. The van der Waals surface area contributed by atoms with Gasteiger partial charge in [-0.2, -0.15) is 10.2 Å². The van der Waals surface area contributed by atoms with Crippen LogP contribution < -0.4 is 10.9 Å². The summed E-state index contributed by atoms with van der Waals surface area (Å²) in [6, 6.07) is 34.5. The van der Waals surface area contributed by atoms with Crippen LogP contribution in [0.3, 0.4) is 0 Å². The SMILES string of the molecule is O=C1C=Cc2ccccc2/C1=N\Nc1ccc(C(=O)c2ccccc2C(=O)O)cc1O.O=C1C=Cc2ccccc2/C1=N\Nc1ccc(C(=O)c2ccccc2C(=O)O)cc1O.[Co].[H+].[H+].[H+]. The number of hydrogen-bond acceptors (Lipinski definition) is 12. The molecule has 63 heavy (non-hydrogen) atoms. The fourth-order valence-electron chi connectivity index (χ4n) is 6.51. The third kappa shape index (κ3) is 9.60. The van der Waals surface area contributed by atoms with Crippen molar-refractivity contribution < 1.29 is 70.3 Å². The van der Waals surface area contributed by atoms with Gasteiger partial charge in [-0.15, -0.1) is 0 Å². The molecule has 0 spiro atoms. The zero-order chi connectivity index (χ0) is 43.9. The number of benzene rings is 6. The molecule has 0 heterocycles. The zero-order valence-electron chi connectivity index (χ0n) is 35.5. The van der Waals surface area contributed by atoms with Crippen LogP contribution in [0.15, 0.2) is 156 Å². The van der Waals surface area contributed by atoms with E-state index in [9.17, 15) is 49.2 Å². The Hall–Kier alpha value is -8.53. The number of aromatic hydroxyl groups is 2. The monoisotopic (exact) mass is 886 g/mol. The van der Waals surface area contributed by atoms with E-state index in [1.54, 1.807) is 48.6 Å². The smallest absolute Gasteiger partial charge is 0.506 e. The predicted octanol–water partition coefficient (Wildman–Crippen LogP) is 7.80. The minimum atomic E-state index is -1.21. The summed E-state index contributed by atoms with van der Waals surface area (Å²) >= 11 is 0. The van der Waals surface area contributed by atoms with E-state index in [1.807, 2.05) is 24.3 Å². The molecule has 2 aliphatic carbocycles. The quantitative estimate of drug-likeness (QED) is 0.0440. The van der Waals surface area contributed by atoms with Crippen LogP contribution in [-0.4, -0.2) is 66.9 Å². The van der Waals surface area contributed by atoms with Crippen molar-refractivity contribution in [3.8, 4) is 11.5 Å². The number of phenols is 2. The van der Waals surface area contributed by atoms with E-state index in [-0.39, 0.29) is 100 Å². The van der Waals surface area contributed by atoms with Gasteiger partial charge in [0.15, 0.2) is 11.6 Å². The molecule has 0 unspecified atom stereocenters. The number of anilines is 2. The Balaban J connectivity index is 0.000000330. The molecule has 6 aromatic carbocycles. The Morgan fingerprint density at radius 1 is 0.460 bits per heavy atom. The van der Waals surface area contributed by atoms with Crippen molar-refractivity contribution in [1.29, 1.82) is 0 Å². The first-order valence-corrected chi connectivity index (χ1v) is 18.6. The summed E-state index contributed by atoms with van der Waals surface area (Å²) in [7, 11) is 0. The first-order chi connectivity index (χ1) is 29.9. The predicted molar refractivity (Wildman–Crippen MR) is 235 cm³/mol. The summed E-state index contributed by atoms with van der Waals surface area (Å²) in [6.45, 7) is 0. The topological polar surface area (TPSA) is 232 Å². The molecule has 0 atom stereocenters. The van der Waals surface area contributed by atoms with E-state index in [0.717, 1.165) is 11.1 Å². The van der Waals surface area contributed by atoms with Gasteiger partial charge in [-0.3, -0.25) is 30.0 Å². The van der Waals surface area contributed by atoms with Crippen LogP contribution in [0.4, 0.5) is 11.4 Å². The van der Waals surface area contributed by atoms with Crippen LogP contribution in [0.1, 0.15) is 79.1 Å². The molecule has 8 rings (SSSR count). The van der Waals surface area contributed by atoms with Gasteiger partial charge in [-0.05, 0) is 71.8 Å². The average Bonchev–Trinajstić information content (AvgIpc) is 3.28. The van der Waals surface area contributed by atoms with Crippen molar-refractivity contribution >= 4 is 70.0 Å². The molecule has 313 valence electrons. The minimum absolute atomic E-state index is 0. The molecule has 0 amide bonds. The molecule has 0 saturated carbocycles. The van der Waals surface area contributed by atoms with Crippen molar-refractivity contribution in [3.63, 3.8) is 0 Å². The van der Waals surface area contributed by atoms with Gasteiger partial charge >= 0.3 is 16.2 Å². The molecule has 14 nitrogen and oxygen atoms in total. The van der Waals surface area contributed by atoms with Gasteiger partial charge in [0.05, 0.1) is 22.5 Å². The van der Waals surface area contributed by atoms with E-state index in [0.29, 0.717) is 11.1 Å². The average molecular weight is 887 g/mol. The van der Waals surface area contributed by atoms with Crippen LogP contribution in [0, 0.1) is 0 Å². The first-order valence-electron chi connectivity index (χ1n) is 18.6. The number of ketones is 4. The number of nitrogens with one attached hydrogen (secondary N) is 2. The van der Waals surface area contributed by atoms with E-state index >= 15 is 0 Å². The molecule has 0 fully saturated rings. The molecular weight excluding hydrogens is 851 g/mol. The number of carbonyl (C=O) groups excluding carboxylic acids is 4. The molecule has 0 aromatic heterocycles. The maximum Gasteiger partial charge on any atom is 1.00 e. The Labute approximate surface area is 372 Å². The summed E-state index contributed by atoms with van der Waals surface area (Å²) in [4.78, 5) is 72.7. The zero-order valence-corrected chi connectivity index (χ0v) is 33.5. The Kier molecular flexibility index (Phi) is 13.4. The fourth-order valence-corrected chi connectivity index (χ4v) is 6.51. The van der Waals surface area contributed by atoms with Crippen molar-refractivity contribution in [2.75, 3.05) is 10.9 Å². The number of fused-ring (bicyclic) bond motifs is 2. The van der Waals surface area contributed by atoms with E-state index < -0.39 is 23.5 Å². The number of carboxylic acid groups (broad SMARTS) is 2. The number of nitrogens with zero attached hydrogens (tertiary/aromatic N) is 2. The maximum atomic E-state index is 12.7. The summed E-state index contributed by atoms with van der Waals surface area (Å²) < 4.78 is 0. The summed E-state index contributed by atoms with van der Waals surface area (Å²) in [5, 5.41) is 47.6. The van der Waals surface area contributed by atoms with Crippen molar-refractivity contribution in [2.45, 2.75) is 0 Å². The van der Waals surface area contributed by atoms with Crippen LogP contribution in [-0.2, 0) is 26.4 Å². The number of allylic oxidation sites excluding steroid dienone is 2. The molecule has 2 aliphatic rings. The molecule has 6 N–H and O–H groups in total. The normalized spacial score (nSPS) is 13.5. The number of hydrogen-bond donors (Lipinski definition) is 6. The molecule has 6 aromatic rings. The number of phenolic OH excluding ortho intramolecular Hbond substituents is 2. The summed E-state index contributed by atoms with van der Waals surface area (Å²) in [6.07, 6.45) is 6.27. The third-order valence-corrected chi connectivity index (χ3v) is 9.63. The number of aromatic carboxylic acids is 2. The van der Waals surface area contributed by atoms with Gasteiger partial charge in [-0.25, -0.2) is 9.59 Å². The van der Waals surface area contributed by atoms with Crippen LogP contribution in [0.25, 0.3) is 12.2 Å². The number of carbonyl (C=O) groups is 6. The second-order valence-electron chi connectivity index (χ2n) is 13.5. The van der Waals surface area contributed by atoms with Crippen LogP contribution in [0.2, 0.25) is 0 Å². The largest absolute Gasteiger partial charge is 1.00 e. The van der Waals surface area contributed by atoms with Gasteiger partial charge in [-0.1, -0.05) is 97.1 Å². The summed E-state index contributed by atoms with van der Waals surface area (Å²) in [5.74, 6) is -4.58. The molecule has 1 radical (unpaired) electrons. The van der Waals surface area contributed by atoms with E-state index in [4.69, 9.17) is 0 Å². The number of hydrazone groups is 2. The molecule has 0 aliphatic heterocycles. The first kappa shape index (κ1) is 44.0. The molecule has 15 heteroatoms. The van der Waals surface area contributed by atoms with Crippen molar-refractivity contribution in [1.82, 2.24) is 0 Å². The standard InChI is InChI=1S/2C24H16N2O5.Co/c2*27-20-12-10-14-5-1-2-6-16(14)22(20)26-25-19-11-9-15(13-21(19)28)23(29)17-7-3-4-8-18(17)24(30)31;/h2*1-13,25,28H,(H,30,31);/p+3/b2*26-22+;. The van der Waals surface area contributed by atoms with Gasteiger partial charge in [0, 0.05) is 50.2 Å². The van der Waals surface area contributed by atoms with E-state index in [1.165, 1.54) is 84.9 Å². The molecular formula is C48H35CoN4O10+3. The fraction of sp³-hybridized carbons (Fsp3) is 0. The molecule has 0 bridgehead atoms. The second-order valence-corrected chi connectivity index (χ2v) is 13.5. The molecule has 0 saturated heterocycles.